The molecule has 1 saturated heterocycles. The van der Waals surface area contributed by atoms with Crippen LogP contribution in [0, 0.1) is 13.8 Å². The average Bonchev–Trinajstić information content (AvgIpc) is 3.14. The van der Waals surface area contributed by atoms with Gasteiger partial charge in [-0.05, 0) is 45.6 Å². The van der Waals surface area contributed by atoms with Gasteiger partial charge in [-0.1, -0.05) is 12.8 Å². The Morgan fingerprint density at radius 3 is 2.73 bits per heavy atom. The van der Waals surface area contributed by atoms with E-state index in [1.54, 1.807) is 0 Å². The Balaban J connectivity index is 1.55. The zero-order valence-electron chi connectivity index (χ0n) is 13.8. The fraction of sp³-hybridized carbons (Fsp3) is 0.765. The van der Waals surface area contributed by atoms with Crippen LogP contribution >= 0.6 is 0 Å². The molecular weight excluding hydrogens is 278 g/mol. The van der Waals surface area contributed by atoms with Crippen LogP contribution in [0.1, 0.15) is 56.0 Å². The number of aromatic nitrogens is 2. The summed E-state index contributed by atoms with van der Waals surface area (Å²) in [7, 11) is 0. The maximum atomic E-state index is 12.4. The molecule has 2 fully saturated rings. The average molecular weight is 305 g/mol. The third kappa shape index (κ3) is 3.51. The Kier molecular flexibility index (Phi) is 4.81. The van der Waals surface area contributed by atoms with E-state index in [2.05, 4.69) is 22.8 Å². The van der Waals surface area contributed by atoms with Gasteiger partial charge < -0.3 is 9.64 Å². The Morgan fingerprint density at radius 2 is 2.05 bits per heavy atom. The van der Waals surface area contributed by atoms with Gasteiger partial charge in [-0.25, -0.2) is 0 Å². The summed E-state index contributed by atoms with van der Waals surface area (Å²) in [5, 5.41) is 4.58. The van der Waals surface area contributed by atoms with Crippen molar-refractivity contribution >= 4 is 5.91 Å². The lowest BCUT2D eigenvalue weighted by Gasteiger charge is -2.33. The number of ether oxygens (including phenoxy) is 1. The molecule has 5 nitrogen and oxygen atoms in total. The van der Waals surface area contributed by atoms with Crippen LogP contribution in [-0.2, 0) is 9.53 Å². The van der Waals surface area contributed by atoms with Crippen LogP contribution in [0.4, 0.5) is 0 Å². The summed E-state index contributed by atoms with van der Waals surface area (Å²) in [6.45, 7) is 5.96. The number of hydrogen-bond acceptors (Lipinski definition) is 3. The van der Waals surface area contributed by atoms with Gasteiger partial charge in [0.2, 0.25) is 5.91 Å². The fourth-order valence-corrected chi connectivity index (χ4v) is 3.73. The second-order valence-electron chi connectivity index (χ2n) is 6.72. The highest BCUT2D eigenvalue weighted by Crippen LogP contribution is 2.24. The lowest BCUT2D eigenvalue weighted by Crippen LogP contribution is -2.43. The van der Waals surface area contributed by atoms with E-state index >= 15 is 0 Å². The number of likely N-dealkylation sites (tertiary alicyclic amines) is 1. The van der Waals surface area contributed by atoms with Gasteiger partial charge in [0.15, 0.2) is 0 Å². The number of carbonyl (C=O) groups is 1. The summed E-state index contributed by atoms with van der Waals surface area (Å²) in [5.74, 6) is 0.137. The summed E-state index contributed by atoms with van der Waals surface area (Å²) in [5.41, 5.74) is 2.23. The number of nitrogens with zero attached hydrogens (tertiary/aromatic N) is 3. The molecule has 2 heterocycles. The molecule has 0 spiro atoms. The van der Waals surface area contributed by atoms with Crippen LogP contribution in [0.25, 0.3) is 0 Å². The minimum absolute atomic E-state index is 0.137. The van der Waals surface area contributed by atoms with Gasteiger partial charge in [0.25, 0.3) is 0 Å². The van der Waals surface area contributed by atoms with Crippen LogP contribution < -0.4 is 0 Å². The molecule has 1 saturated carbocycles. The van der Waals surface area contributed by atoms with Gasteiger partial charge in [-0.15, -0.1) is 0 Å². The third-order valence-corrected chi connectivity index (χ3v) is 4.88. The van der Waals surface area contributed by atoms with Gasteiger partial charge >= 0.3 is 0 Å². The van der Waals surface area contributed by atoms with Crippen molar-refractivity contribution in [3.63, 3.8) is 0 Å². The van der Waals surface area contributed by atoms with Crippen LogP contribution in [0.3, 0.4) is 0 Å². The molecule has 1 aromatic rings. The van der Waals surface area contributed by atoms with Crippen molar-refractivity contribution in [1.82, 2.24) is 14.7 Å². The lowest BCUT2D eigenvalue weighted by atomic mass is 10.1. The minimum Gasteiger partial charge on any atom is -0.368 e. The maximum Gasteiger partial charge on any atom is 0.248 e. The second-order valence-corrected chi connectivity index (χ2v) is 6.72. The van der Waals surface area contributed by atoms with E-state index in [-0.39, 0.29) is 12.5 Å². The van der Waals surface area contributed by atoms with Crippen LogP contribution in [0.5, 0.6) is 0 Å². The summed E-state index contributed by atoms with van der Waals surface area (Å²) in [6, 6.07) is 2.40. The highest BCUT2D eigenvalue weighted by Gasteiger charge is 2.27. The first-order chi connectivity index (χ1) is 10.6. The predicted molar refractivity (Wildman–Crippen MR) is 84.8 cm³/mol. The van der Waals surface area contributed by atoms with Gasteiger partial charge in [-0.2, -0.15) is 5.10 Å². The van der Waals surface area contributed by atoms with Crippen molar-refractivity contribution in [1.29, 1.82) is 0 Å². The molecular formula is C17H27N3O2. The van der Waals surface area contributed by atoms with Crippen molar-refractivity contribution < 1.29 is 9.53 Å². The number of amides is 1. The Bertz CT molecular complexity index is 520. The minimum atomic E-state index is 0.137. The lowest BCUT2D eigenvalue weighted by molar-refractivity contribution is -0.139. The van der Waals surface area contributed by atoms with E-state index in [0.29, 0.717) is 12.1 Å². The highest BCUT2D eigenvalue weighted by atomic mass is 16.5. The first-order valence-corrected chi connectivity index (χ1v) is 8.55. The van der Waals surface area contributed by atoms with Gasteiger partial charge in [0, 0.05) is 18.8 Å². The van der Waals surface area contributed by atoms with E-state index in [1.165, 1.54) is 18.5 Å². The van der Waals surface area contributed by atoms with E-state index < -0.39 is 0 Å². The second kappa shape index (κ2) is 6.82. The standard InChI is InChI=1S/C17H27N3O2/c1-13-10-14(2)20(18-13)15-6-5-9-19(11-15)17(21)12-22-16-7-3-4-8-16/h10,15-16H,3-9,11-12H2,1-2H3. The molecule has 1 aromatic heterocycles. The Labute approximate surface area is 132 Å². The molecule has 2 aliphatic rings. The SMILES string of the molecule is Cc1cc(C)n(C2CCCN(C(=O)COC3CCCC3)C2)n1. The molecule has 3 rings (SSSR count). The predicted octanol–water partition coefficient (Wildman–Crippen LogP) is 2.62. The Morgan fingerprint density at radius 1 is 1.27 bits per heavy atom. The first-order valence-electron chi connectivity index (χ1n) is 8.55. The third-order valence-electron chi connectivity index (χ3n) is 4.88. The Hall–Kier alpha value is -1.36. The molecule has 1 atom stereocenters. The van der Waals surface area contributed by atoms with Crippen molar-refractivity contribution in [2.75, 3.05) is 19.7 Å². The summed E-state index contributed by atoms with van der Waals surface area (Å²) >= 11 is 0. The maximum absolute atomic E-state index is 12.4. The normalized spacial score (nSPS) is 23.2. The molecule has 0 N–H and O–H groups in total. The van der Waals surface area contributed by atoms with Crippen LogP contribution in [0.2, 0.25) is 0 Å². The number of rotatable bonds is 4. The number of hydrogen-bond donors (Lipinski definition) is 0. The van der Waals surface area contributed by atoms with Crippen molar-refractivity contribution in [2.24, 2.45) is 0 Å². The molecule has 1 amide bonds. The number of piperidine rings is 1. The highest BCUT2D eigenvalue weighted by molar-refractivity contribution is 5.77. The van der Waals surface area contributed by atoms with E-state index in [9.17, 15) is 4.79 Å². The molecule has 122 valence electrons. The molecule has 1 unspecified atom stereocenters. The van der Waals surface area contributed by atoms with Crippen molar-refractivity contribution in [3.05, 3.63) is 17.5 Å². The topological polar surface area (TPSA) is 47.4 Å². The summed E-state index contributed by atoms with van der Waals surface area (Å²) < 4.78 is 7.86. The van der Waals surface area contributed by atoms with Crippen molar-refractivity contribution in [3.8, 4) is 0 Å². The zero-order valence-corrected chi connectivity index (χ0v) is 13.8. The molecule has 5 heteroatoms. The quantitative estimate of drug-likeness (QED) is 0.859. The van der Waals surface area contributed by atoms with Gasteiger partial charge in [0.1, 0.15) is 6.61 Å². The summed E-state index contributed by atoms with van der Waals surface area (Å²) in [6.07, 6.45) is 7.14. The zero-order chi connectivity index (χ0) is 15.5. The van der Waals surface area contributed by atoms with Crippen LogP contribution in [0.15, 0.2) is 6.07 Å². The van der Waals surface area contributed by atoms with E-state index in [0.717, 1.165) is 44.5 Å². The fourth-order valence-electron chi connectivity index (χ4n) is 3.73. The molecule has 0 aromatic carbocycles. The van der Waals surface area contributed by atoms with E-state index in [1.807, 2.05) is 11.8 Å². The monoisotopic (exact) mass is 305 g/mol. The first kappa shape index (κ1) is 15.5. The molecule has 1 aliphatic heterocycles. The van der Waals surface area contributed by atoms with Crippen LogP contribution in [-0.4, -0.2) is 46.4 Å². The molecule has 22 heavy (non-hydrogen) atoms. The molecule has 0 bridgehead atoms. The van der Waals surface area contributed by atoms with E-state index in [4.69, 9.17) is 4.74 Å². The van der Waals surface area contributed by atoms with Gasteiger partial charge in [0.05, 0.1) is 17.8 Å². The molecule has 1 aliphatic carbocycles. The van der Waals surface area contributed by atoms with Crippen molar-refractivity contribution in [2.45, 2.75) is 64.5 Å². The largest absolute Gasteiger partial charge is 0.368 e. The number of carbonyl (C=O) groups excluding carboxylic acids is 1. The van der Waals surface area contributed by atoms with Gasteiger partial charge in [-0.3, -0.25) is 9.48 Å². The smallest absolute Gasteiger partial charge is 0.248 e. The summed E-state index contributed by atoms with van der Waals surface area (Å²) in [4.78, 5) is 14.4. The molecule has 0 radical (unpaired) electrons. The number of aryl methyl sites for hydroxylation is 2.